The Bertz CT molecular complexity index is 803. The molecule has 0 aromatic heterocycles. The van der Waals surface area contributed by atoms with Gasteiger partial charge in [-0.25, -0.2) is 9.59 Å². The van der Waals surface area contributed by atoms with Crippen molar-refractivity contribution in [2.24, 2.45) is 5.92 Å². The Labute approximate surface area is 177 Å². The SMILES string of the molecule is CCOC(=O)[C@@H]1CCN(C(=O)OC(C)(C)C)C[C@H]1c1cccc(N2CCOC2=O)c1. The van der Waals surface area contributed by atoms with Gasteiger partial charge in [0.2, 0.25) is 0 Å². The lowest BCUT2D eigenvalue weighted by atomic mass is 9.80. The van der Waals surface area contributed by atoms with E-state index in [-0.39, 0.29) is 23.9 Å². The van der Waals surface area contributed by atoms with Crippen molar-refractivity contribution >= 4 is 23.8 Å². The van der Waals surface area contributed by atoms with E-state index >= 15 is 0 Å². The number of hydrogen-bond donors (Lipinski definition) is 0. The molecule has 3 rings (SSSR count). The summed E-state index contributed by atoms with van der Waals surface area (Å²) in [5.41, 5.74) is 0.992. The topological polar surface area (TPSA) is 85.4 Å². The van der Waals surface area contributed by atoms with Crippen LogP contribution in [-0.4, -0.2) is 61.5 Å². The van der Waals surface area contributed by atoms with Crippen LogP contribution >= 0.6 is 0 Å². The molecule has 0 aliphatic carbocycles. The Morgan fingerprint density at radius 3 is 2.63 bits per heavy atom. The number of hydrogen-bond acceptors (Lipinski definition) is 6. The van der Waals surface area contributed by atoms with Gasteiger partial charge in [-0.15, -0.1) is 0 Å². The van der Waals surface area contributed by atoms with Crippen molar-refractivity contribution in [1.29, 1.82) is 0 Å². The van der Waals surface area contributed by atoms with Crippen LogP contribution in [0.25, 0.3) is 0 Å². The molecule has 2 aliphatic rings. The second kappa shape index (κ2) is 8.93. The fourth-order valence-electron chi connectivity index (χ4n) is 3.86. The molecule has 1 aromatic carbocycles. The number of rotatable bonds is 4. The first kappa shape index (κ1) is 21.9. The summed E-state index contributed by atoms with van der Waals surface area (Å²) in [4.78, 5) is 40.4. The van der Waals surface area contributed by atoms with Crippen LogP contribution < -0.4 is 4.90 Å². The highest BCUT2D eigenvalue weighted by Crippen LogP contribution is 2.36. The molecule has 30 heavy (non-hydrogen) atoms. The van der Waals surface area contributed by atoms with E-state index in [0.717, 1.165) is 5.56 Å². The molecule has 164 valence electrons. The molecule has 0 N–H and O–H groups in total. The highest BCUT2D eigenvalue weighted by atomic mass is 16.6. The number of likely N-dealkylation sites (tertiary alicyclic amines) is 1. The second-order valence-electron chi connectivity index (χ2n) is 8.54. The number of nitrogens with zero attached hydrogens (tertiary/aromatic N) is 2. The highest BCUT2D eigenvalue weighted by Gasteiger charge is 2.39. The van der Waals surface area contributed by atoms with Crippen LogP contribution in [0.5, 0.6) is 0 Å². The van der Waals surface area contributed by atoms with E-state index in [0.29, 0.717) is 45.0 Å². The Morgan fingerprint density at radius 2 is 2.00 bits per heavy atom. The molecule has 2 heterocycles. The Morgan fingerprint density at radius 1 is 1.23 bits per heavy atom. The van der Waals surface area contributed by atoms with E-state index in [1.54, 1.807) is 16.7 Å². The van der Waals surface area contributed by atoms with Crippen LogP contribution in [0, 0.1) is 5.92 Å². The van der Waals surface area contributed by atoms with Gasteiger partial charge in [0.1, 0.15) is 12.2 Å². The molecule has 2 fully saturated rings. The van der Waals surface area contributed by atoms with Crippen molar-refractivity contribution in [1.82, 2.24) is 4.90 Å². The maximum absolute atomic E-state index is 12.6. The van der Waals surface area contributed by atoms with E-state index in [1.165, 1.54) is 0 Å². The minimum absolute atomic E-state index is 0.260. The van der Waals surface area contributed by atoms with Gasteiger partial charge in [0, 0.05) is 24.7 Å². The summed E-state index contributed by atoms with van der Waals surface area (Å²) in [6, 6.07) is 7.50. The maximum Gasteiger partial charge on any atom is 0.414 e. The molecule has 0 unspecified atom stereocenters. The molecule has 2 amide bonds. The third-order valence-corrected chi connectivity index (χ3v) is 5.22. The van der Waals surface area contributed by atoms with E-state index in [2.05, 4.69) is 0 Å². The molecule has 2 aliphatic heterocycles. The lowest BCUT2D eigenvalue weighted by Gasteiger charge is -2.38. The van der Waals surface area contributed by atoms with Crippen LogP contribution in [0.1, 0.15) is 45.6 Å². The fourth-order valence-corrected chi connectivity index (χ4v) is 3.86. The van der Waals surface area contributed by atoms with E-state index in [9.17, 15) is 14.4 Å². The lowest BCUT2D eigenvalue weighted by molar-refractivity contribution is -0.150. The minimum Gasteiger partial charge on any atom is -0.466 e. The summed E-state index contributed by atoms with van der Waals surface area (Å²) in [6.07, 6.45) is -0.291. The van der Waals surface area contributed by atoms with Gasteiger partial charge in [-0.3, -0.25) is 9.69 Å². The molecule has 0 saturated carbocycles. The van der Waals surface area contributed by atoms with Gasteiger partial charge in [0.15, 0.2) is 0 Å². The number of benzene rings is 1. The molecule has 2 saturated heterocycles. The number of cyclic esters (lactones) is 1. The largest absolute Gasteiger partial charge is 0.466 e. The lowest BCUT2D eigenvalue weighted by Crippen LogP contribution is -2.47. The first-order valence-corrected chi connectivity index (χ1v) is 10.4. The maximum atomic E-state index is 12.6. The van der Waals surface area contributed by atoms with Gasteiger partial charge in [0.25, 0.3) is 0 Å². The van der Waals surface area contributed by atoms with E-state index < -0.39 is 11.7 Å². The number of ether oxygens (including phenoxy) is 3. The third-order valence-electron chi connectivity index (χ3n) is 5.22. The smallest absolute Gasteiger partial charge is 0.414 e. The van der Waals surface area contributed by atoms with Crippen molar-refractivity contribution in [3.63, 3.8) is 0 Å². The zero-order chi connectivity index (χ0) is 21.9. The van der Waals surface area contributed by atoms with Crippen molar-refractivity contribution in [2.45, 2.75) is 45.6 Å². The summed E-state index contributed by atoms with van der Waals surface area (Å²) < 4.78 is 15.9. The van der Waals surface area contributed by atoms with Crippen molar-refractivity contribution < 1.29 is 28.6 Å². The first-order chi connectivity index (χ1) is 14.2. The standard InChI is InChI=1S/C22H30N2O6/c1-5-28-19(25)17-9-10-23(20(26)30-22(2,3)4)14-18(17)15-7-6-8-16(13-15)24-11-12-29-21(24)27/h6-8,13,17-18H,5,9-12,14H2,1-4H3/t17-,18+/m1/s1. The monoisotopic (exact) mass is 418 g/mol. The van der Waals surface area contributed by atoms with Gasteiger partial charge >= 0.3 is 18.2 Å². The molecule has 0 bridgehead atoms. The number of esters is 1. The quantitative estimate of drug-likeness (QED) is 0.549. The Kier molecular flexibility index (Phi) is 6.53. The second-order valence-corrected chi connectivity index (χ2v) is 8.54. The Hall–Kier alpha value is -2.77. The normalized spacial score (nSPS) is 21.9. The molecule has 8 nitrogen and oxygen atoms in total. The molecular formula is C22H30N2O6. The van der Waals surface area contributed by atoms with E-state index in [1.807, 2.05) is 45.0 Å². The zero-order valence-electron chi connectivity index (χ0n) is 18.1. The summed E-state index contributed by atoms with van der Waals surface area (Å²) in [5, 5.41) is 0. The van der Waals surface area contributed by atoms with Crippen molar-refractivity contribution in [2.75, 3.05) is 37.7 Å². The fraction of sp³-hybridized carbons (Fsp3) is 0.591. The van der Waals surface area contributed by atoms with Crippen molar-refractivity contribution in [3.05, 3.63) is 29.8 Å². The number of amides is 2. The predicted molar refractivity (Wildman–Crippen MR) is 110 cm³/mol. The number of carbonyl (C=O) groups excluding carboxylic acids is 3. The van der Waals surface area contributed by atoms with Gasteiger partial charge < -0.3 is 19.1 Å². The Balaban J connectivity index is 1.87. The van der Waals surface area contributed by atoms with Gasteiger partial charge in [-0.1, -0.05) is 12.1 Å². The van der Waals surface area contributed by atoms with Crippen molar-refractivity contribution in [3.8, 4) is 0 Å². The van der Waals surface area contributed by atoms with Gasteiger partial charge in [0.05, 0.1) is 19.1 Å². The van der Waals surface area contributed by atoms with Crippen LogP contribution in [0.2, 0.25) is 0 Å². The molecule has 0 radical (unpaired) electrons. The number of piperidine rings is 1. The molecular weight excluding hydrogens is 388 g/mol. The molecule has 2 atom stereocenters. The number of anilines is 1. The number of carbonyl (C=O) groups is 3. The molecule has 8 heteroatoms. The third kappa shape index (κ3) is 5.04. The summed E-state index contributed by atoms with van der Waals surface area (Å²) in [7, 11) is 0. The van der Waals surface area contributed by atoms with E-state index in [4.69, 9.17) is 14.2 Å². The average molecular weight is 418 g/mol. The summed E-state index contributed by atoms with van der Waals surface area (Å²) >= 11 is 0. The summed E-state index contributed by atoms with van der Waals surface area (Å²) in [5.74, 6) is -0.898. The minimum atomic E-state index is -0.597. The molecule has 0 spiro atoms. The van der Waals surface area contributed by atoms with Crippen LogP contribution in [0.15, 0.2) is 24.3 Å². The first-order valence-electron chi connectivity index (χ1n) is 10.4. The predicted octanol–water partition coefficient (Wildman–Crippen LogP) is 3.55. The van der Waals surface area contributed by atoms with Crippen LogP contribution in [0.3, 0.4) is 0 Å². The van der Waals surface area contributed by atoms with Crippen LogP contribution in [0.4, 0.5) is 15.3 Å². The van der Waals surface area contributed by atoms with Gasteiger partial charge in [-0.05, 0) is 51.8 Å². The average Bonchev–Trinajstić information content (AvgIpc) is 3.12. The van der Waals surface area contributed by atoms with Crippen LogP contribution in [-0.2, 0) is 19.0 Å². The summed E-state index contributed by atoms with van der Waals surface area (Å²) in [6.45, 7) is 9.16. The zero-order valence-corrected chi connectivity index (χ0v) is 18.1. The molecule has 1 aromatic rings. The van der Waals surface area contributed by atoms with Gasteiger partial charge in [-0.2, -0.15) is 0 Å². The highest BCUT2D eigenvalue weighted by molar-refractivity contribution is 5.89.